The summed E-state index contributed by atoms with van der Waals surface area (Å²) < 4.78 is 12.7. The van der Waals surface area contributed by atoms with E-state index >= 15 is 0 Å². The van der Waals surface area contributed by atoms with Crippen molar-refractivity contribution in [3.63, 3.8) is 0 Å². The second-order valence-electron chi connectivity index (χ2n) is 7.15. The lowest BCUT2D eigenvalue weighted by Gasteiger charge is -2.28. The van der Waals surface area contributed by atoms with Crippen molar-refractivity contribution in [1.82, 2.24) is 4.90 Å². The lowest BCUT2D eigenvalue weighted by Crippen LogP contribution is -2.42. The van der Waals surface area contributed by atoms with Gasteiger partial charge in [-0.15, -0.1) is 0 Å². The molecule has 1 saturated heterocycles. The summed E-state index contributed by atoms with van der Waals surface area (Å²) in [7, 11) is 0. The fourth-order valence-electron chi connectivity index (χ4n) is 2.67. The van der Waals surface area contributed by atoms with Crippen molar-refractivity contribution >= 4 is 28.7 Å². The SMILES string of the molecule is Cc1cc(OC[C@@H]2CCCN2C(=O)OC(C)(C)C)c(C)cc1I. The number of rotatable bonds is 3. The third-order valence-electron chi connectivity index (χ3n) is 3.89. The van der Waals surface area contributed by atoms with Gasteiger partial charge in [0.1, 0.15) is 18.0 Å². The molecule has 0 aromatic heterocycles. The molecular weight excluding hydrogens is 405 g/mol. The van der Waals surface area contributed by atoms with Crippen LogP contribution in [0.25, 0.3) is 0 Å². The van der Waals surface area contributed by atoms with Gasteiger partial charge in [-0.3, -0.25) is 0 Å². The molecule has 5 heteroatoms. The summed E-state index contributed by atoms with van der Waals surface area (Å²) in [5, 5.41) is 0. The number of hydrogen-bond donors (Lipinski definition) is 0. The van der Waals surface area contributed by atoms with Gasteiger partial charge in [0.25, 0.3) is 0 Å². The zero-order valence-electron chi connectivity index (χ0n) is 14.6. The Morgan fingerprint density at radius 3 is 2.65 bits per heavy atom. The van der Waals surface area contributed by atoms with Gasteiger partial charge in [0.2, 0.25) is 0 Å². The fraction of sp³-hybridized carbons (Fsp3) is 0.611. The van der Waals surface area contributed by atoms with Crippen LogP contribution in [-0.2, 0) is 4.74 Å². The number of hydrogen-bond acceptors (Lipinski definition) is 3. The van der Waals surface area contributed by atoms with Crippen LogP contribution in [0.5, 0.6) is 5.75 Å². The average Bonchev–Trinajstić information content (AvgIpc) is 2.88. The van der Waals surface area contributed by atoms with Crippen LogP contribution >= 0.6 is 22.6 Å². The smallest absolute Gasteiger partial charge is 0.410 e. The molecule has 1 aromatic rings. The summed E-state index contributed by atoms with van der Waals surface area (Å²) in [6.45, 7) is 11.1. The molecule has 0 spiro atoms. The third-order valence-corrected chi connectivity index (χ3v) is 5.05. The Morgan fingerprint density at radius 2 is 2.00 bits per heavy atom. The van der Waals surface area contributed by atoms with E-state index in [1.54, 1.807) is 4.90 Å². The van der Waals surface area contributed by atoms with E-state index in [9.17, 15) is 4.79 Å². The van der Waals surface area contributed by atoms with Gasteiger partial charge in [0, 0.05) is 10.1 Å². The Balaban J connectivity index is 1.99. The molecule has 0 aliphatic carbocycles. The third kappa shape index (κ3) is 4.99. The van der Waals surface area contributed by atoms with Crippen LogP contribution < -0.4 is 4.74 Å². The molecule has 2 rings (SSSR count). The molecule has 1 heterocycles. The predicted octanol–water partition coefficient (Wildman–Crippen LogP) is 4.69. The zero-order chi connectivity index (χ0) is 17.2. The van der Waals surface area contributed by atoms with Crippen LogP contribution in [0.1, 0.15) is 44.7 Å². The van der Waals surface area contributed by atoms with Crippen LogP contribution in [0.3, 0.4) is 0 Å². The molecule has 1 amide bonds. The number of likely N-dealkylation sites (tertiary alicyclic amines) is 1. The first-order chi connectivity index (χ1) is 10.7. The molecule has 4 nitrogen and oxygen atoms in total. The molecule has 0 saturated carbocycles. The number of benzene rings is 1. The molecule has 0 radical (unpaired) electrons. The van der Waals surface area contributed by atoms with E-state index in [4.69, 9.17) is 9.47 Å². The number of aryl methyl sites for hydroxylation is 2. The number of ether oxygens (including phenoxy) is 2. The Labute approximate surface area is 152 Å². The van der Waals surface area contributed by atoms with Gasteiger partial charge in [-0.05, 0) is 93.3 Å². The standard InChI is InChI=1S/C18H26INO3/c1-12-10-16(13(2)9-15(12)19)22-11-14-7-6-8-20(14)17(21)23-18(3,4)5/h9-10,14H,6-8,11H2,1-5H3/t14-/m0/s1. The lowest BCUT2D eigenvalue weighted by molar-refractivity contribution is 0.0187. The Morgan fingerprint density at radius 1 is 1.30 bits per heavy atom. The molecule has 1 aliphatic rings. The maximum Gasteiger partial charge on any atom is 0.410 e. The summed E-state index contributed by atoms with van der Waals surface area (Å²) in [6.07, 6.45) is 1.72. The molecule has 0 N–H and O–H groups in total. The summed E-state index contributed by atoms with van der Waals surface area (Å²) in [5.74, 6) is 0.902. The zero-order valence-corrected chi connectivity index (χ0v) is 16.8. The van der Waals surface area contributed by atoms with Gasteiger partial charge in [0.15, 0.2) is 0 Å². The second kappa shape index (κ2) is 7.28. The fourth-order valence-corrected chi connectivity index (χ4v) is 3.29. The highest BCUT2D eigenvalue weighted by Crippen LogP contribution is 2.26. The summed E-state index contributed by atoms with van der Waals surface area (Å²) in [5.41, 5.74) is 1.87. The van der Waals surface area contributed by atoms with E-state index in [-0.39, 0.29) is 12.1 Å². The van der Waals surface area contributed by atoms with Crippen molar-refractivity contribution in [2.45, 2.75) is 59.1 Å². The molecular formula is C18H26INO3. The van der Waals surface area contributed by atoms with E-state index in [0.717, 1.165) is 30.7 Å². The van der Waals surface area contributed by atoms with Crippen molar-refractivity contribution in [3.8, 4) is 5.75 Å². The van der Waals surface area contributed by atoms with Crippen molar-refractivity contribution in [2.75, 3.05) is 13.2 Å². The van der Waals surface area contributed by atoms with Gasteiger partial charge in [-0.1, -0.05) is 0 Å². The first kappa shape index (κ1) is 18.4. The Bertz CT molecular complexity index is 580. The largest absolute Gasteiger partial charge is 0.491 e. The van der Waals surface area contributed by atoms with Gasteiger partial charge in [-0.25, -0.2) is 4.79 Å². The highest BCUT2D eigenvalue weighted by atomic mass is 127. The molecule has 0 unspecified atom stereocenters. The van der Waals surface area contributed by atoms with E-state index in [1.807, 2.05) is 20.8 Å². The minimum absolute atomic E-state index is 0.0869. The Kier molecular flexibility index (Phi) is 5.81. The summed E-state index contributed by atoms with van der Waals surface area (Å²) >= 11 is 2.33. The molecule has 128 valence electrons. The van der Waals surface area contributed by atoms with Gasteiger partial charge in [0.05, 0.1) is 6.04 Å². The molecule has 1 fully saturated rings. The van der Waals surface area contributed by atoms with Gasteiger partial charge >= 0.3 is 6.09 Å². The normalized spacial score (nSPS) is 18.2. The minimum atomic E-state index is -0.463. The number of halogens is 1. The average molecular weight is 431 g/mol. The maximum atomic E-state index is 12.3. The summed E-state index contributed by atoms with van der Waals surface area (Å²) in [4.78, 5) is 14.1. The molecule has 0 bridgehead atoms. The second-order valence-corrected chi connectivity index (χ2v) is 8.31. The molecule has 1 atom stereocenters. The van der Waals surface area contributed by atoms with Crippen molar-refractivity contribution < 1.29 is 14.3 Å². The Hall–Kier alpha value is -0.980. The first-order valence-electron chi connectivity index (χ1n) is 8.06. The van der Waals surface area contributed by atoms with Gasteiger partial charge in [-0.2, -0.15) is 0 Å². The van der Waals surface area contributed by atoms with E-state index in [2.05, 4.69) is 48.6 Å². The lowest BCUT2D eigenvalue weighted by atomic mass is 10.1. The van der Waals surface area contributed by atoms with Crippen molar-refractivity contribution in [3.05, 3.63) is 26.8 Å². The quantitative estimate of drug-likeness (QED) is 0.653. The molecule has 1 aliphatic heterocycles. The predicted molar refractivity (Wildman–Crippen MR) is 100 cm³/mol. The van der Waals surface area contributed by atoms with Crippen LogP contribution in [0, 0.1) is 17.4 Å². The van der Waals surface area contributed by atoms with Crippen LogP contribution in [0.4, 0.5) is 4.79 Å². The molecule has 23 heavy (non-hydrogen) atoms. The highest BCUT2D eigenvalue weighted by molar-refractivity contribution is 14.1. The van der Waals surface area contributed by atoms with Crippen molar-refractivity contribution in [1.29, 1.82) is 0 Å². The summed E-state index contributed by atoms with van der Waals surface area (Å²) in [6, 6.07) is 4.29. The van der Waals surface area contributed by atoms with Gasteiger partial charge < -0.3 is 14.4 Å². The van der Waals surface area contributed by atoms with E-state index in [0.29, 0.717) is 6.61 Å². The van der Waals surface area contributed by atoms with Crippen LogP contribution in [0.2, 0.25) is 0 Å². The maximum absolute atomic E-state index is 12.3. The van der Waals surface area contributed by atoms with Crippen LogP contribution in [0.15, 0.2) is 12.1 Å². The van der Waals surface area contributed by atoms with E-state index in [1.165, 1.54) is 9.13 Å². The first-order valence-corrected chi connectivity index (χ1v) is 9.14. The molecule has 1 aromatic carbocycles. The number of amides is 1. The monoisotopic (exact) mass is 431 g/mol. The number of carbonyl (C=O) groups excluding carboxylic acids is 1. The van der Waals surface area contributed by atoms with E-state index < -0.39 is 5.60 Å². The van der Waals surface area contributed by atoms with Crippen molar-refractivity contribution in [2.24, 2.45) is 0 Å². The number of nitrogens with zero attached hydrogens (tertiary/aromatic N) is 1. The highest BCUT2D eigenvalue weighted by Gasteiger charge is 2.32. The minimum Gasteiger partial charge on any atom is -0.491 e. The topological polar surface area (TPSA) is 38.8 Å². The van der Waals surface area contributed by atoms with Crippen LogP contribution in [-0.4, -0.2) is 35.8 Å². The number of carbonyl (C=O) groups is 1.